The fraction of sp³-hybridized carbons (Fsp3) is 0.292. The molecular weight excluding hydrogens is 394 g/mol. The van der Waals surface area contributed by atoms with E-state index in [1.807, 2.05) is 37.6 Å². The number of amides is 1. The maximum Gasteiger partial charge on any atom is 0.279 e. The molecule has 0 saturated heterocycles. The van der Waals surface area contributed by atoms with E-state index in [1.54, 1.807) is 0 Å². The normalized spacial score (nSPS) is 15.6. The van der Waals surface area contributed by atoms with Gasteiger partial charge in [0, 0.05) is 25.1 Å². The average Bonchev–Trinajstić information content (AvgIpc) is 2.72. The number of benzene rings is 2. The van der Waals surface area contributed by atoms with Crippen molar-refractivity contribution in [3.8, 4) is 0 Å². The fourth-order valence-corrected chi connectivity index (χ4v) is 4.82. The zero-order chi connectivity index (χ0) is 21.4. The maximum absolute atomic E-state index is 13.1. The van der Waals surface area contributed by atoms with Gasteiger partial charge in [0.25, 0.3) is 5.56 Å². The molecule has 1 aliphatic rings. The molecule has 0 spiro atoms. The quantitative estimate of drug-likeness (QED) is 0.501. The number of rotatable bonds is 4. The predicted molar refractivity (Wildman–Crippen MR) is 121 cm³/mol. The summed E-state index contributed by atoms with van der Waals surface area (Å²) in [6.07, 6.45) is 0.254. The lowest BCUT2D eigenvalue weighted by atomic mass is 9.84. The molecule has 1 atom stereocenters. The van der Waals surface area contributed by atoms with Crippen LogP contribution >= 0.6 is 11.8 Å². The van der Waals surface area contributed by atoms with Crippen LogP contribution in [0.2, 0.25) is 0 Å². The number of nitrogens with zero attached hydrogens (tertiary/aromatic N) is 2. The van der Waals surface area contributed by atoms with Gasteiger partial charge in [-0.2, -0.15) is 4.98 Å². The number of anilines is 1. The summed E-state index contributed by atoms with van der Waals surface area (Å²) in [7, 11) is 1.86. The highest BCUT2D eigenvalue weighted by Crippen LogP contribution is 2.37. The van der Waals surface area contributed by atoms with Crippen LogP contribution in [0, 0.1) is 20.8 Å². The van der Waals surface area contributed by atoms with Gasteiger partial charge < -0.3 is 9.88 Å². The highest BCUT2D eigenvalue weighted by molar-refractivity contribution is 7.98. The van der Waals surface area contributed by atoms with Crippen LogP contribution in [-0.4, -0.2) is 15.5 Å². The molecule has 2 heterocycles. The van der Waals surface area contributed by atoms with Crippen molar-refractivity contribution in [3.05, 3.63) is 86.2 Å². The lowest BCUT2D eigenvalue weighted by Gasteiger charge is -2.28. The van der Waals surface area contributed by atoms with Gasteiger partial charge in [-0.3, -0.25) is 9.59 Å². The van der Waals surface area contributed by atoms with E-state index in [0.717, 1.165) is 22.3 Å². The van der Waals surface area contributed by atoms with Crippen LogP contribution in [0.25, 0.3) is 0 Å². The highest BCUT2D eigenvalue weighted by atomic mass is 32.2. The Bertz CT molecular complexity index is 1180. The largest absolute Gasteiger partial charge is 0.312 e. The first kappa shape index (κ1) is 20.4. The highest BCUT2D eigenvalue weighted by Gasteiger charge is 2.32. The van der Waals surface area contributed by atoms with E-state index in [9.17, 15) is 9.59 Å². The third-order valence-corrected chi connectivity index (χ3v) is 6.70. The number of hydrogen-bond donors (Lipinski definition) is 1. The molecular formula is C24H25N3O2S. The van der Waals surface area contributed by atoms with E-state index in [2.05, 4.69) is 47.6 Å². The van der Waals surface area contributed by atoms with E-state index in [-0.39, 0.29) is 23.8 Å². The van der Waals surface area contributed by atoms with Crippen molar-refractivity contribution in [3.63, 3.8) is 0 Å². The van der Waals surface area contributed by atoms with Crippen molar-refractivity contribution in [2.45, 2.75) is 44.0 Å². The summed E-state index contributed by atoms with van der Waals surface area (Å²) in [5.74, 6) is 0.900. The minimum atomic E-state index is -0.281. The van der Waals surface area contributed by atoms with Crippen LogP contribution in [0.15, 0.2) is 52.4 Å². The standard InChI is InChI=1S/C24H25N3O2S/c1-14-6-9-17(10-7-14)13-30-24-26-23(29)21-19(12-20(28)25-22(21)27(24)4)18-11-15(2)5-8-16(18)3/h5-11,19H,12-13H2,1-4H3,(H,25,28)/t19-/m1/s1. The summed E-state index contributed by atoms with van der Waals surface area (Å²) >= 11 is 1.50. The molecule has 30 heavy (non-hydrogen) atoms. The molecule has 0 bridgehead atoms. The Morgan fingerprint density at radius 1 is 1.07 bits per heavy atom. The van der Waals surface area contributed by atoms with Crippen LogP contribution in [0.5, 0.6) is 0 Å². The van der Waals surface area contributed by atoms with Crippen molar-refractivity contribution in [1.82, 2.24) is 9.55 Å². The summed E-state index contributed by atoms with van der Waals surface area (Å²) in [4.78, 5) is 30.0. The van der Waals surface area contributed by atoms with Gasteiger partial charge >= 0.3 is 0 Å². The van der Waals surface area contributed by atoms with Gasteiger partial charge in [-0.1, -0.05) is 65.4 Å². The van der Waals surface area contributed by atoms with Crippen molar-refractivity contribution in [2.75, 3.05) is 5.32 Å². The third-order valence-electron chi connectivity index (χ3n) is 5.60. The zero-order valence-corrected chi connectivity index (χ0v) is 18.5. The smallest absolute Gasteiger partial charge is 0.279 e. The second-order valence-corrected chi connectivity index (χ2v) is 8.90. The van der Waals surface area contributed by atoms with E-state index in [1.165, 1.54) is 17.3 Å². The van der Waals surface area contributed by atoms with E-state index >= 15 is 0 Å². The first-order chi connectivity index (χ1) is 14.3. The Labute approximate surface area is 180 Å². The van der Waals surface area contributed by atoms with Gasteiger partial charge in [0.15, 0.2) is 5.16 Å². The molecule has 6 heteroatoms. The second kappa shape index (κ2) is 8.11. The third kappa shape index (κ3) is 3.92. The maximum atomic E-state index is 13.1. The first-order valence-electron chi connectivity index (χ1n) is 9.99. The number of thioether (sulfide) groups is 1. The predicted octanol–water partition coefficient (Wildman–Crippen LogP) is 4.47. The summed E-state index contributed by atoms with van der Waals surface area (Å²) in [5.41, 5.74) is 5.89. The Hall–Kier alpha value is -2.86. The second-order valence-electron chi connectivity index (χ2n) is 7.96. The molecule has 0 unspecified atom stereocenters. The van der Waals surface area contributed by atoms with E-state index < -0.39 is 0 Å². The number of aryl methyl sites for hydroxylation is 3. The molecule has 2 aromatic carbocycles. The molecule has 1 amide bonds. The molecule has 0 saturated carbocycles. The molecule has 0 aliphatic carbocycles. The van der Waals surface area contributed by atoms with Gasteiger partial charge in [-0.25, -0.2) is 0 Å². The first-order valence-corrected chi connectivity index (χ1v) is 11.0. The lowest BCUT2D eigenvalue weighted by molar-refractivity contribution is -0.116. The number of fused-ring (bicyclic) bond motifs is 1. The van der Waals surface area contributed by atoms with Gasteiger partial charge in [-0.05, 0) is 37.5 Å². The van der Waals surface area contributed by atoms with Crippen LogP contribution in [0.3, 0.4) is 0 Å². The molecule has 1 aliphatic heterocycles. The average molecular weight is 420 g/mol. The lowest BCUT2D eigenvalue weighted by Crippen LogP contribution is -2.33. The Morgan fingerprint density at radius 2 is 1.77 bits per heavy atom. The van der Waals surface area contributed by atoms with Gasteiger partial charge in [-0.15, -0.1) is 0 Å². The van der Waals surface area contributed by atoms with Crippen molar-refractivity contribution in [2.24, 2.45) is 7.05 Å². The molecule has 154 valence electrons. The van der Waals surface area contributed by atoms with Crippen molar-refractivity contribution < 1.29 is 4.79 Å². The summed E-state index contributed by atoms with van der Waals surface area (Å²) in [6.45, 7) is 6.10. The minimum Gasteiger partial charge on any atom is -0.312 e. The Kier molecular flexibility index (Phi) is 5.52. The topological polar surface area (TPSA) is 64.0 Å². The molecule has 3 aromatic rings. The summed E-state index contributed by atoms with van der Waals surface area (Å²) < 4.78 is 1.84. The molecule has 0 radical (unpaired) electrons. The summed E-state index contributed by atoms with van der Waals surface area (Å²) in [5, 5.41) is 3.52. The summed E-state index contributed by atoms with van der Waals surface area (Å²) in [6, 6.07) is 14.5. The van der Waals surface area contributed by atoms with Crippen LogP contribution in [0.4, 0.5) is 5.82 Å². The Balaban J connectivity index is 1.74. The number of aromatic nitrogens is 2. The monoisotopic (exact) mass is 419 g/mol. The van der Waals surface area contributed by atoms with Crippen LogP contribution in [0.1, 0.15) is 45.7 Å². The van der Waals surface area contributed by atoms with Crippen molar-refractivity contribution in [1.29, 1.82) is 0 Å². The van der Waals surface area contributed by atoms with E-state index in [0.29, 0.717) is 22.3 Å². The van der Waals surface area contributed by atoms with Gasteiger partial charge in [0.05, 0.1) is 5.56 Å². The molecule has 5 nitrogen and oxygen atoms in total. The minimum absolute atomic E-state index is 0.0795. The molecule has 4 rings (SSSR count). The van der Waals surface area contributed by atoms with Crippen molar-refractivity contribution >= 4 is 23.5 Å². The molecule has 1 aromatic heterocycles. The van der Waals surface area contributed by atoms with Gasteiger partial charge in [0.1, 0.15) is 5.82 Å². The van der Waals surface area contributed by atoms with Crippen LogP contribution < -0.4 is 10.9 Å². The van der Waals surface area contributed by atoms with Gasteiger partial charge in [0.2, 0.25) is 5.91 Å². The Morgan fingerprint density at radius 3 is 2.50 bits per heavy atom. The SMILES string of the molecule is Cc1ccc(CSc2nc(=O)c3c(n2C)NC(=O)C[C@@H]3c2cc(C)ccc2C)cc1. The number of carbonyl (C=O) groups is 1. The van der Waals surface area contributed by atoms with Crippen LogP contribution in [-0.2, 0) is 17.6 Å². The fourth-order valence-electron chi connectivity index (χ4n) is 3.90. The molecule has 1 N–H and O–H groups in total. The number of nitrogens with one attached hydrogen (secondary N) is 1. The molecule has 0 fully saturated rings. The number of hydrogen-bond acceptors (Lipinski definition) is 4. The number of carbonyl (C=O) groups excluding carboxylic acids is 1. The van der Waals surface area contributed by atoms with E-state index in [4.69, 9.17) is 0 Å². The zero-order valence-electron chi connectivity index (χ0n) is 17.7.